The highest BCUT2D eigenvalue weighted by Crippen LogP contribution is 2.53. The Morgan fingerprint density at radius 3 is 2.67 bits per heavy atom. The molecule has 2 aliphatic carbocycles. The van der Waals surface area contributed by atoms with E-state index in [1.54, 1.807) is 20.8 Å². The minimum absolute atomic E-state index is 0.0674. The third-order valence-electron chi connectivity index (χ3n) is 5.44. The van der Waals surface area contributed by atoms with Crippen molar-refractivity contribution in [3.05, 3.63) is 12.2 Å². The van der Waals surface area contributed by atoms with Crippen LogP contribution in [0.15, 0.2) is 12.2 Å². The van der Waals surface area contributed by atoms with Crippen LogP contribution in [-0.4, -0.2) is 40.8 Å². The molecule has 6 atom stereocenters. The van der Waals surface area contributed by atoms with Crippen molar-refractivity contribution in [3.8, 4) is 0 Å². The van der Waals surface area contributed by atoms with E-state index in [0.717, 1.165) is 0 Å². The van der Waals surface area contributed by atoms with E-state index in [1.165, 1.54) is 19.3 Å². The molecule has 2 N–H and O–H groups in total. The maximum absolute atomic E-state index is 12.2. The smallest absolute Gasteiger partial charge is 0.308 e. The summed E-state index contributed by atoms with van der Waals surface area (Å²) in [4.78, 5) is 24.0. The molecule has 0 aromatic carbocycles. The molecule has 1 fully saturated rings. The molecule has 0 aliphatic heterocycles. The molecule has 0 heterocycles. The van der Waals surface area contributed by atoms with Crippen LogP contribution in [0, 0.1) is 23.2 Å². The van der Waals surface area contributed by atoms with Crippen LogP contribution < -0.4 is 0 Å². The molecule has 0 unspecified atom stereocenters. The lowest BCUT2D eigenvalue weighted by atomic mass is 9.52. The van der Waals surface area contributed by atoms with E-state index in [4.69, 9.17) is 4.74 Å². The van der Waals surface area contributed by atoms with Crippen molar-refractivity contribution in [2.24, 2.45) is 23.2 Å². The average molecular weight is 296 g/mol. The van der Waals surface area contributed by atoms with Crippen molar-refractivity contribution in [1.29, 1.82) is 0 Å². The number of allylic oxidation sites excluding steroid dienone is 1. The Kier molecular flexibility index (Phi) is 4.02. The van der Waals surface area contributed by atoms with Crippen LogP contribution in [0.25, 0.3) is 0 Å². The number of rotatable bonds is 2. The number of carbonyl (C=O) groups excluding carboxylic acids is 2. The monoisotopic (exact) mass is 296 g/mol. The highest BCUT2D eigenvalue weighted by Gasteiger charge is 2.58. The van der Waals surface area contributed by atoms with Crippen LogP contribution in [0.2, 0.25) is 0 Å². The van der Waals surface area contributed by atoms with Crippen LogP contribution >= 0.6 is 0 Å². The van der Waals surface area contributed by atoms with Crippen LogP contribution in [0.3, 0.4) is 0 Å². The van der Waals surface area contributed by atoms with E-state index in [2.05, 4.69) is 0 Å². The van der Waals surface area contributed by atoms with Gasteiger partial charge in [0.05, 0.1) is 24.7 Å². The minimum Gasteiger partial charge on any atom is -0.469 e. The Morgan fingerprint density at radius 1 is 1.48 bits per heavy atom. The van der Waals surface area contributed by atoms with Gasteiger partial charge in [-0.3, -0.25) is 9.59 Å². The van der Waals surface area contributed by atoms with E-state index in [0.29, 0.717) is 12.8 Å². The number of fused-ring (bicyclic) bond motifs is 1. The zero-order chi connectivity index (χ0) is 16.0. The summed E-state index contributed by atoms with van der Waals surface area (Å²) in [6.07, 6.45) is 3.03. The molecule has 0 spiro atoms. The van der Waals surface area contributed by atoms with Gasteiger partial charge < -0.3 is 14.9 Å². The zero-order valence-corrected chi connectivity index (χ0v) is 13.0. The number of esters is 1. The molecular formula is C16H24O5. The van der Waals surface area contributed by atoms with Crippen LogP contribution in [-0.2, 0) is 14.3 Å². The van der Waals surface area contributed by atoms with Gasteiger partial charge in [-0.1, -0.05) is 13.8 Å². The second-order valence-corrected chi connectivity index (χ2v) is 6.82. The lowest BCUT2D eigenvalue weighted by Gasteiger charge is -2.53. The van der Waals surface area contributed by atoms with E-state index in [-0.39, 0.29) is 17.7 Å². The van der Waals surface area contributed by atoms with Crippen molar-refractivity contribution < 1.29 is 24.5 Å². The molecule has 5 heteroatoms. The van der Waals surface area contributed by atoms with Crippen molar-refractivity contribution in [2.45, 2.75) is 45.3 Å². The number of hydrogen-bond acceptors (Lipinski definition) is 5. The van der Waals surface area contributed by atoms with Gasteiger partial charge in [0.15, 0.2) is 5.78 Å². The lowest BCUT2D eigenvalue weighted by Crippen LogP contribution is -2.60. The van der Waals surface area contributed by atoms with Crippen LogP contribution in [0.4, 0.5) is 0 Å². The number of ketones is 1. The molecule has 2 rings (SSSR count). The van der Waals surface area contributed by atoms with E-state index in [1.807, 2.05) is 0 Å². The Labute approximate surface area is 125 Å². The number of methoxy groups -OCH3 is 1. The van der Waals surface area contributed by atoms with Gasteiger partial charge in [-0.2, -0.15) is 0 Å². The molecule has 21 heavy (non-hydrogen) atoms. The zero-order valence-electron chi connectivity index (χ0n) is 13.0. The Morgan fingerprint density at radius 2 is 2.10 bits per heavy atom. The summed E-state index contributed by atoms with van der Waals surface area (Å²) in [5, 5.41) is 21.3. The largest absolute Gasteiger partial charge is 0.469 e. The fourth-order valence-corrected chi connectivity index (χ4v) is 4.13. The molecule has 0 radical (unpaired) electrons. The van der Waals surface area contributed by atoms with Crippen LogP contribution in [0.5, 0.6) is 0 Å². The third-order valence-corrected chi connectivity index (χ3v) is 5.44. The Bertz CT molecular complexity index is 481. The second kappa shape index (κ2) is 5.21. The molecular weight excluding hydrogens is 272 g/mol. The molecule has 0 amide bonds. The second-order valence-electron chi connectivity index (χ2n) is 6.82. The van der Waals surface area contributed by atoms with Gasteiger partial charge in [0, 0.05) is 11.3 Å². The molecule has 0 aromatic rings. The first-order chi connectivity index (χ1) is 9.65. The van der Waals surface area contributed by atoms with Gasteiger partial charge >= 0.3 is 5.97 Å². The SMILES string of the molecule is COC(=O)[C@@H](C)[C@@H]1CC[C@@]2(C)C(=O)C=C[C@](C)(O)[C@@H]2[C@@H]1O. The third kappa shape index (κ3) is 2.42. The van der Waals surface area contributed by atoms with Gasteiger partial charge in [0.2, 0.25) is 0 Å². The predicted molar refractivity (Wildman–Crippen MR) is 76.3 cm³/mol. The molecule has 0 saturated heterocycles. The van der Waals surface area contributed by atoms with Gasteiger partial charge in [-0.25, -0.2) is 0 Å². The summed E-state index contributed by atoms with van der Waals surface area (Å²) >= 11 is 0. The van der Waals surface area contributed by atoms with Gasteiger partial charge in [-0.15, -0.1) is 0 Å². The van der Waals surface area contributed by atoms with Crippen molar-refractivity contribution in [2.75, 3.05) is 7.11 Å². The summed E-state index contributed by atoms with van der Waals surface area (Å²) in [6.45, 7) is 5.12. The minimum atomic E-state index is -1.27. The van der Waals surface area contributed by atoms with Gasteiger partial charge in [0.25, 0.3) is 0 Å². The summed E-state index contributed by atoms with van der Waals surface area (Å²) in [5.74, 6) is -1.84. The van der Waals surface area contributed by atoms with Gasteiger partial charge in [0.1, 0.15) is 0 Å². The number of aliphatic hydroxyl groups is 2. The first-order valence-electron chi connectivity index (χ1n) is 7.37. The summed E-state index contributed by atoms with van der Waals surface area (Å²) in [7, 11) is 1.32. The summed E-state index contributed by atoms with van der Waals surface area (Å²) < 4.78 is 4.75. The fraction of sp³-hybridized carbons (Fsp3) is 0.750. The quantitative estimate of drug-likeness (QED) is 0.745. The van der Waals surface area contributed by atoms with Gasteiger partial charge in [-0.05, 0) is 37.8 Å². The highest BCUT2D eigenvalue weighted by molar-refractivity contribution is 5.96. The molecule has 118 valence electrons. The molecule has 0 aromatic heterocycles. The standard InChI is InChI=1S/C16H24O5/c1-9(14(19)21-4)10-5-7-15(2)11(17)6-8-16(3,20)13(15)12(10)18/h6,8-10,12-13,18,20H,5,7H2,1-4H3/t9-,10-,12+,13+,15-,16-/m0/s1. The van der Waals surface area contributed by atoms with Crippen molar-refractivity contribution >= 4 is 11.8 Å². The number of ether oxygens (including phenoxy) is 1. The van der Waals surface area contributed by atoms with Crippen LogP contribution in [0.1, 0.15) is 33.6 Å². The Hall–Kier alpha value is -1.20. The fourth-order valence-electron chi connectivity index (χ4n) is 4.13. The molecule has 2 aliphatic rings. The molecule has 1 saturated carbocycles. The predicted octanol–water partition coefficient (Wildman–Crippen LogP) is 1.08. The van der Waals surface area contributed by atoms with Crippen molar-refractivity contribution in [1.82, 2.24) is 0 Å². The maximum atomic E-state index is 12.2. The maximum Gasteiger partial charge on any atom is 0.308 e. The van der Waals surface area contributed by atoms with E-state index >= 15 is 0 Å². The lowest BCUT2D eigenvalue weighted by molar-refractivity contribution is -0.172. The topological polar surface area (TPSA) is 83.8 Å². The molecule has 5 nitrogen and oxygen atoms in total. The number of aliphatic hydroxyl groups excluding tert-OH is 1. The first-order valence-corrected chi connectivity index (χ1v) is 7.37. The normalized spacial score (nSPS) is 44.1. The molecule has 0 bridgehead atoms. The Balaban J connectivity index is 2.36. The van der Waals surface area contributed by atoms with Crippen molar-refractivity contribution in [3.63, 3.8) is 0 Å². The number of carbonyl (C=O) groups is 2. The average Bonchev–Trinajstić information content (AvgIpc) is 2.42. The first kappa shape index (κ1) is 16.2. The highest BCUT2D eigenvalue weighted by atomic mass is 16.5. The summed E-state index contributed by atoms with van der Waals surface area (Å²) in [6, 6.07) is 0. The van der Waals surface area contributed by atoms with E-state index < -0.39 is 29.0 Å². The van der Waals surface area contributed by atoms with E-state index in [9.17, 15) is 19.8 Å². The number of hydrogen-bond donors (Lipinski definition) is 2. The summed E-state index contributed by atoms with van der Waals surface area (Å²) in [5.41, 5.74) is -2.05.